The molecule has 1 aromatic carbocycles. The molecule has 0 aliphatic carbocycles. The molecular weight excluding hydrogens is 318 g/mol. The molecule has 1 aliphatic rings. The summed E-state index contributed by atoms with van der Waals surface area (Å²) in [6.07, 6.45) is 1.68. The smallest absolute Gasteiger partial charge is 0.271 e. The van der Waals surface area contributed by atoms with Crippen molar-refractivity contribution < 1.29 is 9.72 Å². The van der Waals surface area contributed by atoms with Gasteiger partial charge in [-0.25, -0.2) is 0 Å². The van der Waals surface area contributed by atoms with Gasteiger partial charge in [0.1, 0.15) is 0 Å². The van der Waals surface area contributed by atoms with Crippen molar-refractivity contribution in [3.05, 3.63) is 32.8 Å². The lowest BCUT2D eigenvalue weighted by molar-refractivity contribution is -0.384. The van der Waals surface area contributed by atoms with Crippen LogP contribution in [-0.2, 0) is 4.79 Å². The quantitative estimate of drug-likeness (QED) is 0.671. The van der Waals surface area contributed by atoms with Crippen LogP contribution in [0.3, 0.4) is 0 Å². The number of non-ortho nitro benzene ring substituents is 1. The number of nitro groups is 1. The highest BCUT2D eigenvalue weighted by atomic mass is 35.5. The SMILES string of the molecule is Cc1cc([N+](=O)[O-])cc(Cl)c1NC1CCN(C(=O)C(C)C)CC1. The average molecular weight is 340 g/mol. The number of likely N-dealkylation sites (tertiary alicyclic amines) is 1. The summed E-state index contributed by atoms with van der Waals surface area (Å²) >= 11 is 6.19. The molecule has 1 amide bonds. The summed E-state index contributed by atoms with van der Waals surface area (Å²) in [6, 6.07) is 3.10. The van der Waals surface area contributed by atoms with Crippen LogP contribution in [0.2, 0.25) is 5.02 Å². The first-order chi connectivity index (χ1) is 10.8. The zero-order valence-electron chi connectivity index (χ0n) is 13.6. The van der Waals surface area contributed by atoms with Crippen LogP contribution in [0, 0.1) is 23.0 Å². The number of piperidine rings is 1. The maximum atomic E-state index is 12.0. The van der Waals surface area contributed by atoms with Crippen molar-refractivity contribution in [1.29, 1.82) is 0 Å². The van der Waals surface area contributed by atoms with Crippen molar-refractivity contribution >= 4 is 28.9 Å². The molecule has 7 heteroatoms. The highest BCUT2D eigenvalue weighted by Crippen LogP contribution is 2.32. The number of hydrogen-bond donors (Lipinski definition) is 1. The Hall–Kier alpha value is -1.82. The van der Waals surface area contributed by atoms with Gasteiger partial charge in [0.2, 0.25) is 5.91 Å². The van der Waals surface area contributed by atoms with Gasteiger partial charge in [0.05, 0.1) is 15.6 Å². The molecule has 0 spiro atoms. The second-order valence-electron chi connectivity index (χ2n) is 6.28. The van der Waals surface area contributed by atoms with Gasteiger partial charge in [-0.1, -0.05) is 25.4 Å². The summed E-state index contributed by atoms with van der Waals surface area (Å²) in [5, 5.41) is 14.6. The van der Waals surface area contributed by atoms with Crippen LogP contribution in [0.4, 0.5) is 11.4 Å². The predicted molar refractivity (Wildman–Crippen MR) is 90.9 cm³/mol. The number of nitrogens with zero attached hydrogens (tertiary/aromatic N) is 2. The van der Waals surface area contributed by atoms with Crippen molar-refractivity contribution in [2.24, 2.45) is 5.92 Å². The second kappa shape index (κ2) is 7.17. The van der Waals surface area contributed by atoms with E-state index in [0.717, 1.165) is 37.2 Å². The molecule has 1 aliphatic heterocycles. The van der Waals surface area contributed by atoms with Crippen LogP contribution in [0.25, 0.3) is 0 Å². The van der Waals surface area contributed by atoms with Crippen LogP contribution in [0.15, 0.2) is 12.1 Å². The zero-order valence-corrected chi connectivity index (χ0v) is 14.4. The maximum absolute atomic E-state index is 12.0. The molecule has 1 saturated heterocycles. The summed E-state index contributed by atoms with van der Waals surface area (Å²) in [5.41, 5.74) is 1.49. The topological polar surface area (TPSA) is 75.5 Å². The van der Waals surface area contributed by atoms with Crippen molar-refractivity contribution in [2.45, 2.75) is 39.7 Å². The lowest BCUT2D eigenvalue weighted by Crippen LogP contribution is -2.44. The normalized spacial score (nSPS) is 15.8. The molecule has 0 atom stereocenters. The fourth-order valence-corrected chi connectivity index (χ4v) is 3.14. The fourth-order valence-electron chi connectivity index (χ4n) is 2.83. The Morgan fingerprint density at radius 1 is 1.39 bits per heavy atom. The van der Waals surface area contributed by atoms with Gasteiger partial charge in [-0.3, -0.25) is 14.9 Å². The Balaban J connectivity index is 2.02. The molecule has 0 aromatic heterocycles. The second-order valence-corrected chi connectivity index (χ2v) is 6.68. The zero-order chi connectivity index (χ0) is 17.1. The van der Waals surface area contributed by atoms with E-state index in [2.05, 4.69) is 5.32 Å². The molecule has 6 nitrogen and oxygen atoms in total. The summed E-state index contributed by atoms with van der Waals surface area (Å²) in [5.74, 6) is 0.207. The first kappa shape index (κ1) is 17.5. The van der Waals surface area contributed by atoms with Crippen molar-refractivity contribution in [2.75, 3.05) is 18.4 Å². The number of nitro benzene ring substituents is 1. The lowest BCUT2D eigenvalue weighted by atomic mass is 10.0. The molecule has 0 bridgehead atoms. The molecule has 0 saturated carbocycles. The van der Waals surface area contributed by atoms with E-state index in [-0.39, 0.29) is 23.6 Å². The first-order valence-corrected chi connectivity index (χ1v) is 8.17. The van der Waals surface area contributed by atoms with E-state index in [1.165, 1.54) is 12.1 Å². The molecule has 0 radical (unpaired) electrons. The Kier molecular flexibility index (Phi) is 5.46. The van der Waals surface area contributed by atoms with Crippen molar-refractivity contribution in [1.82, 2.24) is 4.90 Å². The van der Waals surface area contributed by atoms with E-state index in [1.54, 1.807) is 6.92 Å². The number of carbonyl (C=O) groups excluding carboxylic acids is 1. The van der Waals surface area contributed by atoms with Gasteiger partial charge < -0.3 is 10.2 Å². The number of benzene rings is 1. The minimum atomic E-state index is -0.446. The number of rotatable bonds is 4. The Bertz CT molecular complexity index is 588. The van der Waals surface area contributed by atoms with E-state index in [9.17, 15) is 14.9 Å². The molecule has 2 rings (SSSR count). The fraction of sp³-hybridized carbons (Fsp3) is 0.562. The van der Waals surface area contributed by atoms with Crippen molar-refractivity contribution in [3.8, 4) is 0 Å². The third-order valence-electron chi connectivity index (χ3n) is 4.13. The molecule has 23 heavy (non-hydrogen) atoms. The molecule has 1 N–H and O–H groups in total. The molecular formula is C16H22ClN3O3. The van der Waals surface area contributed by atoms with Crippen LogP contribution >= 0.6 is 11.6 Å². The minimum Gasteiger partial charge on any atom is -0.381 e. The van der Waals surface area contributed by atoms with E-state index >= 15 is 0 Å². The monoisotopic (exact) mass is 339 g/mol. The van der Waals surface area contributed by atoms with E-state index in [4.69, 9.17) is 11.6 Å². The first-order valence-electron chi connectivity index (χ1n) is 7.79. The van der Waals surface area contributed by atoms with Crippen LogP contribution in [-0.4, -0.2) is 34.9 Å². The molecule has 1 fully saturated rings. The summed E-state index contributed by atoms with van der Waals surface area (Å²) in [6.45, 7) is 7.06. The summed E-state index contributed by atoms with van der Waals surface area (Å²) < 4.78 is 0. The minimum absolute atomic E-state index is 0.00426. The maximum Gasteiger partial charge on any atom is 0.271 e. The molecule has 0 unspecified atom stereocenters. The van der Waals surface area contributed by atoms with Gasteiger partial charge >= 0.3 is 0 Å². The van der Waals surface area contributed by atoms with Gasteiger partial charge in [0, 0.05) is 37.2 Å². The molecule has 126 valence electrons. The number of nitrogens with one attached hydrogen (secondary N) is 1. The van der Waals surface area contributed by atoms with E-state index in [0.29, 0.717) is 5.02 Å². The van der Waals surface area contributed by atoms with Crippen LogP contribution in [0.5, 0.6) is 0 Å². The van der Waals surface area contributed by atoms with E-state index in [1.807, 2.05) is 18.7 Å². The molecule has 1 heterocycles. The van der Waals surface area contributed by atoms with Gasteiger partial charge in [-0.05, 0) is 25.3 Å². The number of halogens is 1. The average Bonchev–Trinajstić information content (AvgIpc) is 2.50. The number of amides is 1. The Labute approximate surface area is 141 Å². The summed E-state index contributed by atoms with van der Waals surface area (Å²) in [7, 11) is 0. The van der Waals surface area contributed by atoms with Gasteiger partial charge in [0.15, 0.2) is 0 Å². The van der Waals surface area contributed by atoms with Crippen molar-refractivity contribution in [3.63, 3.8) is 0 Å². The third kappa shape index (κ3) is 4.13. The lowest BCUT2D eigenvalue weighted by Gasteiger charge is -2.34. The molecule has 1 aromatic rings. The Morgan fingerprint density at radius 2 is 2.00 bits per heavy atom. The largest absolute Gasteiger partial charge is 0.381 e. The number of carbonyl (C=O) groups is 1. The third-order valence-corrected chi connectivity index (χ3v) is 4.43. The highest BCUT2D eigenvalue weighted by molar-refractivity contribution is 6.33. The number of anilines is 1. The predicted octanol–water partition coefficient (Wildman–Crippen LogP) is 3.62. The van der Waals surface area contributed by atoms with Gasteiger partial charge in [0.25, 0.3) is 5.69 Å². The highest BCUT2D eigenvalue weighted by Gasteiger charge is 2.25. The summed E-state index contributed by atoms with van der Waals surface area (Å²) in [4.78, 5) is 24.3. The van der Waals surface area contributed by atoms with Gasteiger partial charge in [-0.2, -0.15) is 0 Å². The standard InChI is InChI=1S/C16H22ClN3O3/c1-10(2)16(21)19-6-4-12(5-7-19)18-15-11(3)8-13(20(22)23)9-14(15)17/h8-10,12,18H,4-7H2,1-3H3. The van der Waals surface area contributed by atoms with E-state index < -0.39 is 4.92 Å². The Morgan fingerprint density at radius 3 is 2.48 bits per heavy atom. The van der Waals surface area contributed by atoms with Gasteiger partial charge in [-0.15, -0.1) is 0 Å². The number of hydrogen-bond acceptors (Lipinski definition) is 4. The number of aryl methyl sites for hydroxylation is 1. The van der Waals surface area contributed by atoms with Crippen LogP contribution in [0.1, 0.15) is 32.3 Å². The van der Waals surface area contributed by atoms with Crippen LogP contribution < -0.4 is 5.32 Å².